The van der Waals surface area contributed by atoms with E-state index in [-0.39, 0.29) is 11.8 Å². The quantitative estimate of drug-likeness (QED) is 0.263. The summed E-state index contributed by atoms with van der Waals surface area (Å²) in [6.07, 6.45) is 2.11. The highest BCUT2D eigenvalue weighted by Gasteiger charge is 2.11. The molecule has 0 aromatic heterocycles. The maximum Gasteiger partial charge on any atom is 0.236 e. The average molecular weight is 258 g/mol. The number of carbonyl (C=O) groups excluding carboxylic acids is 2. The van der Waals surface area contributed by atoms with Crippen molar-refractivity contribution in [2.75, 3.05) is 33.2 Å². The van der Waals surface area contributed by atoms with Crippen molar-refractivity contribution in [1.82, 2.24) is 15.2 Å². The number of nitrogens with one attached hydrogen (secondary N) is 1. The second kappa shape index (κ2) is 9.85. The molecule has 0 bridgehead atoms. The third-order valence-corrected chi connectivity index (χ3v) is 2.88. The molecular weight excluding hydrogens is 232 g/mol. The van der Waals surface area contributed by atoms with Crippen molar-refractivity contribution in [3.63, 3.8) is 0 Å². The first kappa shape index (κ1) is 16.9. The predicted molar refractivity (Wildman–Crippen MR) is 71.6 cm³/mol. The van der Waals surface area contributed by atoms with E-state index in [0.717, 1.165) is 32.5 Å². The Kier molecular flexibility index (Phi) is 9.22. The molecule has 0 aliphatic rings. The van der Waals surface area contributed by atoms with Gasteiger partial charge in [0.05, 0.1) is 6.54 Å². The van der Waals surface area contributed by atoms with Crippen LogP contribution in [-0.4, -0.2) is 54.8 Å². The highest BCUT2D eigenvalue weighted by Crippen LogP contribution is 1.98. The van der Waals surface area contributed by atoms with Crippen molar-refractivity contribution in [3.05, 3.63) is 0 Å². The first-order chi connectivity index (χ1) is 8.54. The zero-order chi connectivity index (χ0) is 14.0. The lowest BCUT2D eigenvalue weighted by Crippen LogP contribution is -2.39. The maximum absolute atomic E-state index is 11.8. The lowest BCUT2D eigenvalue weighted by atomic mass is 10.2. The Labute approximate surface area is 109 Å². The van der Waals surface area contributed by atoms with Crippen LogP contribution in [0.2, 0.25) is 0 Å². The molecule has 0 spiro atoms. The van der Waals surface area contributed by atoms with Gasteiger partial charge in [-0.25, -0.2) is 5.84 Å². The molecule has 106 valence electrons. The first-order valence-corrected chi connectivity index (χ1v) is 6.50. The number of hydrogen-bond donors (Lipinski definition) is 2. The van der Waals surface area contributed by atoms with E-state index < -0.39 is 0 Å². The average Bonchev–Trinajstić information content (AvgIpc) is 2.35. The van der Waals surface area contributed by atoms with Gasteiger partial charge in [-0.15, -0.1) is 0 Å². The minimum Gasteiger partial charge on any atom is -0.342 e. The molecule has 0 aromatic carbocycles. The number of rotatable bonds is 9. The number of unbranched alkanes of at least 4 members (excludes halogenated alkanes) is 1. The number of carbonyl (C=O) groups is 2. The van der Waals surface area contributed by atoms with Gasteiger partial charge in [0.1, 0.15) is 0 Å². The molecule has 0 rings (SSSR count). The van der Waals surface area contributed by atoms with Crippen LogP contribution in [-0.2, 0) is 9.59 Å². The summed E-state index contributed by atoms with van der Waals surface area (Å²) in [5.74, 6) is 5.00. The SMILES string of the molecule is CCN(CC)C(=O)CN(C)CCCCC(=O)NN. The Morgan fingerprint density at radius 1 is 1.17 bits per heavy atom. The van der Waals surface area contributed by atoms with E-state index in [1.54, 1.807) is 0 Å². The molecule has 0 aliphatic carbocycles. The molecule has 18 heavy (non-hydrogen) atoms. The van der Waals surface area contributed by atoms with E-state index in [2.05, 4.69) is 5.43 Å². The molecule has 0 unspecified atom stereocenters. The highest BCUT2D eigenvalue weighted by atomic mass is 16.2. The van der Waals surface area contributed by atoms with Gasteiger partial charge in [0.25, 0.3) is 0 Å². The normalized spacial score (nSPS) is 10.5. The fraction of sp³-hybridized carbons (Fsp3) is 0.833. The zero-order valence-electron chi connectivity index (χ0n) is 11.7. The predicted octanol–water partition coefficient (Wildman–Crippen LogP) is -0.0532. The summed E-state index contributed by atoms with van der Waals surface area (Å²) >= 11 is 0. The Morgan fingerprint density at radius 3 is 2.28 bits per heavy atom. The fourth-order valence-corrected chi connectivity index (χ4v) is 1.73. The molecule has 0 aliphatic heterocycles. The minimum atomic E-state index is -0.142. The molecule has 0 saturated heterocycles. The summed E-state index contributed by atoms with van der Waals surface area (Å²) in [6.45, 7) is 6.70. The molecule has 0 fully saturated rings. The van der Waals surface area contributed by atoms with Crippen LogP contribution in [0.25, 0.3) is 0 Å². The molecule has 0 heterocycles. The zero-order valence-corrected chi connectivity index (χ0v) is 11.7. The molecule has 0 radical (unpaired) electrons. The topological polar surface area (TPSA) is 78.7 Å². The molecule has 0 aromatic rings. The summed E-state index contributed by atoms with van der Waals surface area (Å²) in [6, 6.07) is 0. The summed E-state index contributed by atoms with van der Waals surface area (Å²) in [5.41, 5.74) is 2.10. The van der Waals surface area contributed by atoms with Crippen molar-refractivity contribution in [2.24, 2.45) is 5.84 Å². The lowest BCUT2D eigenvalue weighted by molar-refractivity contribution is -0.131. The van der Waals surface area contributed by atoms with Crippen molar-refractivity contribution in [1.29, 1.82) is 0 Å². The summed E-state index contributed by atoms with van der Waals surface area (Å²) in [4.78, 5) is 26.5. The van der Waals surface area contributed by atoms with Crippen LogP contribution in [0.1, 0.15) is 33.1 Å². The van der Waals surface area contributed by atoms with E-state index in [9.17, 15) is 9.59 Å². The van der Waals surface area contributed by atoms with Gasteiger partial charge >= 0.3 is 0 Å². The van der Waals surface area contributed by atoms with Gasteiger partial charge in [0.2, 0.25) is 11.8 Å². The monoisotopic (exact) mass is 258 g/mol. The van der Waals surface area contributed by atoms with Crippen LogP contribution >= 0.6 is 0 Å². The minimum absolute atomic E-state index is 0.142. The van der Waals surface area contributed by atoms with Crippen LogP contribution in [0.3, 0.4) is 0 Å². The van der Waals surface area contributed by atoms with Crippen LogP contribution in [0.4, 0.5) is 0 Å². The Morgan fingerprint density at radius 2 is 1.78 bits per heavy atom. The lowest BCUT2D eigenvalue weighted by Gasteiger charge is -2.22. The van der Waals surface area contributed by atoms with E-state index in [4.69, 9.17) is 5.84 Å². The van der Waals surface area contributed by atoms with Crippen molar-refractivity contribution >= 4 is 11.8 Å². The molecule has 3 N–H and O–H groups in total. The first-order valence-electron chi connectivity index (χ1n) is 6.50. The van der Waals surface area contributed by atoms with Gasteiger partial charge in [-0.3, -0.25) is 19.9 Å². The number of nitrogens with two attached hydrogens (primary N) is 1. The Hall–Kier alpha value is -1.14. The Balaban J connectivity index is 3.73. The van der Waals surface area contributed by atoms with E-state index >= 15 is 0 Å². The Bertz CT molecular complexity index is 254. The van der Waals surface area contributed by atoms with Crippen molar-refractivity contribution < 1.29 is 9.59 Å². The third-order valence-electron chi connectivity index (χ3n) is 2.88. The highest BCUT2D eigenvalue weighted by molar-refractivity contribution is 5.78. The van der Waals surface area contributed by atoms with Gasteiger partial charge in [-0.05, 0) is 40.3 Å². The van der Waals surface area contributed by atoms with Crippen LogP contribution in [0.5, 0.6) is 0 Å². The number of hydrogen-bond acceptors (Lipinski definition) is 4. The molecular formula is C12H26N4O2. The molecule has 0 atom stereocenters. The van der Waals surface area contributed by atoms with Crippen molar-refractivity contribution in [3.8, 4) is 0 Å². The van der Waals surface area contributed by atoms with E-state index in [1.807, 2.05) is 30.7 Å². The van der Waals surface area contributed by atoms with Crippen LogP contribution in [0.15, 0.2) is 0 Å². The van der Waals surface area contributed by atoms with E-state index in [1.165, 1.54) is 0 Å². The largest absolute Gasteiger partial charge is 0.342 e. The molecule has 6 heteroatoms. The van der Waals surface area contributed by atoms with Gasteiger partial charge in [-0.1, -0.05) is 0 Å². The summed E-state index contributed by atoms with van der Waals surface area (Å²) < 4.78 is 0. The number of nitrogens with zero attached hydrogens (tertiary/aromatic N) is 2. The van der Waals surface area contributed by atoms with Gasteiger partial charge < -0.3 is 4.90 Å². The number of hydrazine groups is 1. The second-order valence-electron chi connectivity index (χ2n) is 4.33. The summed E-state index contributed by atoms with van der Waals surface area (Å²) in [5, 5.41) is 0. The molecule has 2 amide bonds. The number of amides is 2. The maximum atomic E-state index is 11.8. The van der Waals surface area contributed by atoms with Gasteiger partial charge in [0.15, 0.2) is 0 Å². The van der Waals surface area contributed by atoms with Crippen molar-refractivity contribution in [2.45, 2.75) is 33.1 Å². The van der Waals surface area contributed by atoms with Crippen LogP contribution < -0.4 is 11.3 Å². The van der Waals surface area contributed by atoms with Crippen LogP contribution in [0, 0.1) is 0 Å². The van der Waals surface area contributed by atoms with Gasteiger partial charge in [0, 0.05) is 19.5 Å². The molecule has 6 nitrogen and oxygen atoms in total. The summed E-state index contributed by atoms with van der Waals surface area (Å²) in [7, 11) is 1.92. The fourth-order valence-electron chi connectivity index (χ4n) is 1.73. The third kappa shape index (κ3) is 7.24. The van der Waals surface area contributed by atoms with Gasteiger partial charge in [-0.2, -0.15) is 0 Å². The smallest absolute Gasteiger partial charge is 0.236 e. The standard InChI is InChI=1S/C12H26N4O2/c1-4-16(5-2)12(18)10-15(3)9-7-6-8-11(17)14-13/h4-10,13H2,1-3H3,(H,14,17). The molecule has 0 saturated carbocycles. The second-order valence-corrected chi connectivity index (χ2v) is 4.33. The van der Waals surface area contributed by atoms with E-state index in [0.29, 0.717) is 13.0 Å². The number of likely N-dealkylation sites (N-methyl/N-ethyl adjacent to an activating group) is 2.